The van der Waals surface area contributed by atoms with Gasteiger partial charge in [-0.1, -0.05) is 6.92 Å². The quantitative estimate of drug-likeness (QED) is 0.571. The van der Waals surface area contributed by atoms with E-state index in [0.29, 0.717) is 27.9 Å². The Labute approximate surface area is 108 Å². The first-order valence-electron chi connectivity index (χ1n) is 5.21. The van der Waals surface area contributed by atoms with Gasteiger partial charge in [-0.25, -0.2) is 4.39 Å². The van der Waals surface area contributed by atoms with Crippen molar-refractivity contribution in [2.45, 2.75) is 25.9 Å². The summed E-state index contributed by atoms with van der Waals surface area (Å²) in [6, 6.07) is 2.98. The molecule has 0 aliphatic rings. The van der Waals surface area contributed by atoms with Gasteiger partial charge < -0.3 is 16.2 Å². The molecular formula is C11H16FIN2O. The number of nitrogens with one attached hydrogen (secondary N) is 1. The molecule has 5 heteroatoms. The minimum Gasteiger partial charge on any atom is -0.397 e. The molecule has 1 unspecified atom stereocenters. The second-order valence-electron chi connectivity index (χ2n) is 3.63. The molecule has 0 heterocycles. The van der Waals surface area contributed by atoms with Crippen molar-refractivity contribution in [3.05, 3.63) is 21.5 Å². The van der Waals surface area contributed by atoms with Crippen molar-refractivity contribution in [2.75, 3.05) is 17.6 Å². The van der Waals surface area contributed by atoms with E-state index in [1.165, 1.54) is 6.07 Å². The van der Waals surface area contributed by atoms with Gasteiger partial charge in [-0.3, -0.25) is 0 Å². The topological polar surface area (TPSA) is 58.3 Å². The summed E-state index contributed by atoms with van der Waals surface area (Å²) in [7, 11) is 0. The monoisotopic (exact) mass is 338 g/mol. The van der Waals surface area contributed by atoms with E-state index in [1.54, 1.807) is 6.07 Å². The Morgan fingerprint density at radius 3 is 2.88 bits per heavy atom. The van der Waals surface area contributed by atoms with Gasteiger partial charge in [0.1, 0.15) is 5.82 Å². The number of rotatable bonds is 5. The maximum Gasteiger partial charge on any atom is 0.138 e. The van der Waals surface area contributed by atoms with Crippen LogP contribution in [-0.2, 0) is 0 Å². The molecule has 0 radical (unpaired) electrons. The molecule has 0 aliphatic heterocycles. The summed E-state index contributed by atoms with van der Waals surface area (Å²) in [5.74, 6) is -0.284. The Hall–Kier alpha value is -0.560. The molecule has 1 atom stereocenters. The van der Waals surface area contributed by atoms with Crippen LogP contribution in [0.15, 0.2) is 12.1 Å². The molecule has 0 saturated carbocycles. The molecule has 0 spiro atoms. The van der Waals surface area contributed by atoms with Crippen LogP contribution in [-0.4, -0.2) is 17.8 Å². The van der Waals surface area contributed by atoms with E-state index in [9.17, 15) is 9.50 Å². The zero-order valence-electron chi connectivity index (χ0n) is 9.13. The summed E-state index contributed by atoms with van der Waals surface area (Å²) < 4.78 is 13.8. The van der Waals surface area contributed by atoms with E-state index in [-0.39, 0.29) is 11.9 Å². The molecule has 4 N–H and O–H groups in total. The van der Waals surface area contributed by atoms with Gasteiger partial charge in [0, 0.05) is 12.6 Å². The molecule has 1 aromatic carbocycles. The Kier molecular flexibility index (Phi) is 5.27. The third-order valence-corrected chi connectivity index (χ3v) is 3.18. The van der Waals surface area contributed by atoms with Gasteiger partial charge in [-0.05, 0) is 41.5 Å². The number of nitrogens with two attached hydrogens (primary N) is 1. The van der Waals surface area contributed by atoms with Gasteiger partial charge in [0.05, 0.1) is 21.0 Å². The molecule has 0 amide bonds. The summed E-state index contributed by atoms with van der Waals surface area (Å²) in [5, 5.41) is 12.4. The summed E-state index contributed by atoms with van der Waals surface area (Å²) in [6.07, 6.45) is 1.03. The SMILES string of the molecule is CCC(O)CCNc1cc(F)c(I)cc1N. The average molecular weight is 338 g/mol. The van der Waals surface area contributed by atoms with Crippen LogP contribution in [0.2, 0.25) is 0 Å². The second-order valence-corrected chi connectivity index (χ2v) is 4.79. The molecule has 0 bridgehead atoms. The Bertz CT molecular complexity index is 360. The lowest BCUT2D eigenvalue weighted by atomic mass is 10.2. The van der Waals surface area contributed by atoms with E-state index in [1.807, 2.05) is 29.5 Å². The van der Waals surface area contributed by atoms with Gasteiger partial charge in [-0.2, -0.15) is 0 Å². The third kappa shape index (κ3) is 3.79. The molecule has 0 aromatic heterocycles. The van der Waals surface area contributed by atoms with Crippen molar-refractivity contribution in [3.8, 4) is 0 Å². The lowest BCUT2D eigenvalue weighted by molar-refractivity contribution is 0.164. The predicted molar refractivity (Wildman–Crippen MR) is 72.9 cm³/mol. The van der Waals surface area contributed by atoms with E-state index in [2.05, 4.69) is 5.32 Å². The molecule has 1 rings (SSSR count). The number of anilines is 2. The fraction of sp³-hybridized carbons (Fsp3) is 0.455. The highest BCUT2D eigenvalue weighted by Gasteiger charge is 2.06. The molecule has 16 heavy (non-hydrogen) atoms. The van der Waals surface area contributed by atoms with Crippen molar-refractivity contribution < 1.29 is 9.50 Å². The number of aliphatic hydroxyl groups excluding tert-OH is 1. The van der Waals surface area contributed by atoms with Crippen LogP contribution in [0.3, 0.4) is 0 Å². The second kappa shape index (κ2) is 6.24. The van der Waals surface area contributed by atoms with Crippen LogP contribution in [0.4, 0.5) is 15.8 Å². The first kappa shape index (κ1) is 13.5. The van der Waals surface area contributed by atoms with Crippen LogP contribution in [0.25, 0.3) is 0 Å². The normalized spacial score (nSPS) is 12.5. The zero-order chi connectivity index (χ0) is 12.1. The van der Waals surface area contributed by atoms with E-state index in [4.69, 9.17) is 5.73 Å². The third-order valence-electron chi connectivity index (χ3n) is 2.36. The largest absolute Gasteiger partial charge is 0.397 e. The van der Waals surface area contributed by atoms with Crippen LogP contribution in [0.1, 0.15) is 19.8 Å². The summed E-state index contributed by atoms with van der Waals surface area (Å²) >= 11 is 1.90. The fourth-order valence-corrected chi connectivity index (χ4v) is 1.78. The number of aliphatic hydroxyl groups is 1. The van der Waals surface area contributed by atoms with Crippen molar-refractivity contribution in [1.82, 2.24) is 0 Å². The highest BCUT2D eigenvalue weighted by Crippen LogP contribution is 2.24. The van der Waals surface area contributed by atoms with Gasteiger partial charge in [0.15, 0.2) is 0 Å². The van der Waals surface area contributed by atoms with Crippen LogP contribution >= 0.6 is 22.6 Å². The molecule has 0 aliphatic carbocycles. The van der Waals surface area contributed by atoms with Crippen molar-refractivity contribution >= 4 is 34.0 Å². The summed E-state index contributed by atoms with van der Waals surface area (Å²) in [5.41, 5.74) is 6.85. The maximum atomic E-state index is 13.3. The molecule has 3 nitrogen and oxygen atoms in total. The van der Waals surface area contributed by atoms with E-state index < -0.39 is 0 Å². The Morgan fingerprint density at radius 1 is 1.56 bits per heavy atom. The van der Waals surface area contributed by atoms with E-state index in [0.717, 1.165) is 6.42 Å². The number of hydrogen-bond acceptors (Lipinski definition) is 3. The van der Waals surface area contributed by atoms with Crippen molar-refractivity contribution in [3.63, 3.8) is 0 Å². The zero-order valence-corrected chi connectivity index (χ0v) is 11.3. The number of nitrogen functional groups attached to an aromatic ring is 1. The lowest BCUT2D eigenvalue weighted by Gasteiger charge is -2.12. The van der Waals surface area contributed by atoms with Crippen molar-refractivity contribution in [1.29, 1.82) is 0 Å². The number of benzene rings is 1. The number of hydrogen-bond donors (Lipinski definition) is 3. The Morgan fingerprint density at radius 2 is 2.25 bits per heavy atom. The summed E-state index contributed by atoms with van der Waals surface area (Å²) in [4.78, 5) is 0. The number of halogens is 2. The molecule has 0 saturated heterocycles. The summed E-state index contributed by atoms with van der Waals surface area (Å²) in [6.45, 7) is 2.50. The first-order valence-corrected chi connectivity index (χ1v) is 6.29. The highest BCUT2D eigenvalue weighted by atomic mass is 127. The predicted octanol–water partition coefficient (Wildman–Crippen LogP) is 2.59. The highest BCUT2D eigenvalue weighted by molar-refractivity contribution is 14.1. The van der Waals surface area contributed by atoms with Crippen molar-refractivity contribution in [2.24, 2.45) is 0 Å². The standard InChI is InChI=1S/C11H16FIN2O/c1-2-7(16)3-4-15-11-5-8(12)9(13)6-10(11)14/h5-7,15-16H,2-4,14H2,1H3. The van der Waals surface area contributed by atoms with Gasteiger partial charge >= 0.3 is 0 Å². The van der Waals surface area contributed by atoms with Gasteiger partial charge in [0.25, 0.3) is 0 Å². The smallest absolute Gasteiger partial charge is 0.138 e. The molecule has 90 valence electrons. The van der Waals surface area contributed by atoms with E-state index >= 15 is 0 Å². The molecular weight excluding hydrogens is 322 g/mol. The van der Waals surface area contributed by atoms with Crippen LogP contribution in [0.5, 0.6) is 0 Å². The first-order chi connectivity index (χ1) is 7.54. The minimum atomic E-state index is -0.317. The Balaban J connectivity index is 2.57. The fourth-order valence-electron chi connectivity index (χ4n) is 1.29. The average Bonchev–Trinajstić information content (AvgIpc) is 2.25. The maximum absolute atomic E-state index is 13.3. The van der Waals surface area contributed by atoms with Crippen LogP contribution in [0, 0.1) is 9.39 Å². The van der Waals surface area contributed by atoms with Gasteiger partial charge in [-0.15, -0.1) is 0 Å². The molecule has 0 fully saturated rings. The lowest BCUT2D eigenvalue weighted by Crippen LogP contribution is -2.13. The van der Waals surface area contributed by atoms with Gasteiger partial charge in [0.2, 0.25) is 0 Å². The van der Waals surface area contributed by atoms with Crippen LogP contribution < -0.4 is 11.1 Å². The minimum absolute atomic E-state index is 0.284. The molecule has 1 aromatic rings.